The van der Waals surface area contributed by atoms with Crippen molar-refractivity contribution in [3.05, 3.63) is 39.8 Å². The van der Waals surface area contributed by atoms with Crippen molar-refractivity contribution in [2.45, 2.75) is 46.9 Å². The second kappa shape index (κ2) is 13.5. The summed E-state index contributed by atoms with van der Waals surface area (Å²) in [4.78, 5) is 9.79. The predicted octanol–water partition coefficient (Wildman–Crippen LogP) is 4.72. The molecule has 0 unspecified atom stereocenters. The van der Waals surface area contributed by atoms with Gasteiger partial charge in [-0.3, -0.25) is 0 Å². The van der Waals surface area contributed by atoms with Gasteiger partial charge in [0.05, 0.1) is 24.7 Å². The predicted molar refractivity (Wildman–Crippen MR) is 123 cm³/mol. The topological polar surface area (TPSA) is 67.8 Å². The van der Waals surface area contributed by atoms with E-state index in [1.807, 2.05) is 27.0 Å². The van der Waals surface area contributed by atoms with Crippen molar-refractivity contribution in [1.82, 2.24) is 15.6 Å². The number of aromatic nitrogens is 1. The standard InChI is InChI=1S/C19H26F2N4O2S.HI/c1-4-8-26-15-7-6-14(17(9-15)27-18(20)21)10-24-19(22-5-2)25-12-16-11-23-13(3)28-16;/h6-7,9,11,18H,4-5,8,10,12H2,1-3H3,(H2,22,24,25);1H. The summed E-state index contributed by atoms with van der Waals surface area (Å²) in [6.07, 6.45) is 2.65. The Kier molecular flexibility index (Phi) is 11.8. The Balaban J connectivity index is 0.00000420. The van der Waals surface area contributed by atoms with E-state index in [0.29, 0.717) is 37.0 Å². The molecule has 162 valence electrons. The first-order valence-corrected chi connectivity index (χ1v) is 9.97. The van der Waals surface area contributed by atoms with Crippen LogP contribution in [0.2, 0.25) is 0 Å². The average Bonchev–Trinajstić information content (AvgIpc) is 3.08. The zero-order valence-electron chi connectivity index (χ0n) is 16.7. The van der Waals surface area contributed by atoms with Crippen molar-refractivity contribution in [2.75, 3.05) is 13.2 Å². The Labute approximate surface area is 191 Å². The molecule has 29 heavy (non-hydrogen) atoms. The van der Waals surface area contributed by atoms with E-state index in [0.717, 1.165) is 16.3 Å². The summed E-state index contributed by atoms with van der Waals surface area (Å²) in [6.45, 7) is 4.93. The zero-order valence-corrected chi connectivity index (χ0v) is 19.9. The molecule has 0 bridgehead atoms. The van der Waals surface area contributed by atoms with Crippen LogP contribution in [-0.2, 0) is 13.1 Å². The second-order valence-corrected chi connectivity index (χ2v) is 7.21. The van der Waals surface area contributed by atoms with Crippen LogP contribution < -0.4 is 20.1 Å². The average molecular weight is 540 g/mol. The summed E-state index contributed by atoms with van der Waals surface area (Å²) in [5, 5.41) is 7.35. The van der Waals surface area contributed by atoms with Crippen LogP contribution >= 0.6 is 35.3 Å². The summed E-state index contributed by atoms with van der Waals surface area (Å²) >= 11 is 1.61. The highest BCUT2D eigenvalue weighted by atomic mass is 127. The molecule has 0 saturated carbocycles. The molecule has 1 heterocycles. The van der Waals surface area contributed by atoms with Gasteiger partial charge in [0, 0.05) is 29.2 Å². The fourth-order valence-corrected chi connectivity index (χ4v) is 3.08. The molecule has 2 aromatic rings. The maximum atomic E-state index is 12.8. The van der Waals surface area contributed by atoms with Crippen LogP contribution in [0.3, 0.4) is 0 Å². The van der Waals surface area contributed by atoms with E-state index in [2.05, 4.69) is 25.3 Å². The summed E-state index contributed by atoms with van der Waals surface area (Å²) in [5.74, 6) is 1.15. The van der Waals surface area contributed by atoms with Crippen LogP contribution in [0.4, 0.5) is 8.78 Å². The smallest absolute Gasteiger partial charge is 0.387 e. The van der Waals surface area contributed by atoms with E-state index in [-0.39, 0.29) is 36.3 Å². The number of guanidine groups is 1. The fraction of sp³-hybridized carbons (Fsp3) is 0.474. The van der Waals surface area contributed by atoms with Gasteiger partial charge in [0.1, 0.15) is 11.5 Å². The van der Waals surface area contributed by atoms with Crippen molar-refractivity contribution in [3.8, 4) is 11.5 Å². The number of aryl methyl sites for hydroxylation is 1. The molecule has 6 nitrogen and oxygen atoms in total. The summed E-state index contributed by atoms with van der Waals surface area (Å²) in [7, 11) is 0. The van der Waals surface area contributed by atoms with Gasteiger partial charge in [-0.25, -0.2) is 9.98 Å². The number of nitrogens with one attached hydrogen (secondary N) is 2. The molecule has 0 aliphatic heterocycles. The van der Waals surface area contributed by atoms with Gasteiger partial charge in [0.25, 0.3) is 0 Å². The molecule has 1 aromatic carbocycles. The van der Waals surface area contributed by atoms with Crippen molar-refractivity contribution in [1.29, 1.82) is 0 Å². The number of benzene rings is 1. The third-order valence-electron chi connectivity index (χ3n) is 3.58. The molecule has 0 spiro atoms. The molecule has 1 aromatic heterocycles. The number of hydrogen-bond donors (Lipinski definition) is 2. The third kappa shape index (κ3) is 9.11. The van der Waals surface area contributed by atoms with Crippen LogP contribution in [0.15, 0.2) is 29.4 Å². The highest BCUT2D eigenvalue weighted by Crippen LogP contribution is 2.27. The van der Waals surface area contributed by atoms with Crippen molar-refractivity contribution < 1.29 is 18.3 Å². The Bertz CT molecular complexity index is 774. The normalized spacial score (nSPS) is 11.2. The van der Waals surface area contributed by atoms with Gasteiger partial charge in [-0.05, 0) is 32.4 Å². The lowest BCUT2D eigenvalue weighted by atomic mass is 10.2. The van der Waals surface area contributed by atoms with Gasteiger partial charge in [-0.15, -0.1) is 35.3 Å². The van der Waals surface area contributed by atoms with Gasteiger partial charge >= 0.3 is 6.61 Å². The maximum Gasteiger partial charge on any atom is 0.387 e. The van der Waals surface area contributed by atoms with Gasteiger partial charge in [0.2, 0.25) is 0 Å². The molecule has 0 radical (unpaired) electrons. The van der Waals surface area contributed by atoms with Crippen LogP contribution in [0.25, 0.3) is 0 Å². The van der Waals surface area contributed by atoms with Crippen LogP contribution in [-0.4, -0.2) is 30.7 Å². The molecule has 2 N–H and O–H groups in total. The monoisotopic (exact) mass is 540 g/mol. The quantitative estimate of drug-likeness (QED) is 0.260. The van der Waals surface area contributed by atoms with Gasteiger partial charge in [-0.1, -0.05) is 6.92 Å². The van der Waals surface area contributed by atoms with E-state index < -0.39 is 6.61 Å². The maximum absolute atomic E-state index is 12.8. The number of thiazole rings is 1. The highest BCUT2D eigenvalue weighted by Gasteiger charge is 2.12. The number of alkyl halides is 2. The van der Waals surface area contributed by atoms with Crippen molar-refractivity contribution >= 4 is 41.3 Å². The SMILES string of the molecule is CCCOc1ccc(CN=C(NCC)NCc2cnc(C)s2)c(OC(F)F)c1.I. The number of rotatable bonds is 10. The lowest BCUT2D eigenvalue weighted by Crippen LogP contribution is -2.36. The molecular weight excluding hydrogens is 513 g/mol. The van der Waals surface area contributed by atoms with E-state index in [4.69, 9.17) is 4.74 Å². The molecule has 0 aliphatic rings. The minimum Gasteiger partial charge on any atom is -0.493 e. The highest BCUT2D eigenvalue weighted by molar-refractivity contribution is 14.0. The van der Waals surface area contributed by atoms with E-state index >= 15 is 0 Å². The Hall–Kier alpha value is -1.69. The molecule has 0 aliphatic carbocycles. The minimum absolute atomic E-state index is 0. The second-order valence-electron chi connectivity index (χ2n) is 5.89. The minimum atomic E-state index is -2.91. The van der Waals surface area contributed by atoms with Crippen LogP contribution in [0.1, 0.15) is 35.7 Å². The van der Waals surface area contributed by atoms with E-state index in [9.17, 15) is 8.78 Å². The van der Waals surface area contributed by atoms with E-state index in [1.165, 1.54) is 6.07 Å². The molecule has 0 atom stereocenters. The van der Waals surface area contributed by atoms with E-state index in [1.54, 1.807) is 23.5 Å². The summed E-state index contributed by atoms with van der Waals surface area (Å²) in [5.41, 5.74) is 0.551. The Morgan fingerprint density at radius 3 is 2.69 bits per heavy atom. The van der Waals surface area contributed by atoms with Gasteiger partial charge in [0.15, 0.2) is 5.96 Å². The first kappa shape index (κ1) is 25.3. The van der Waals surface area contributed by atoms with Crippen LogP contribution in [0, 0.1) is 6.92 Å². The molecule has 0 fully saturated rings. The molecule has 0 saturated heterocycles. The van der Waals surface area contributed by atoms with Crippen LogP contribution in [0.5, 0.6) is 11.5 Å². The number of ether oxygens (including phenoxy) is 2. The largest absolute Gasteiger partial charge is 0.493 e. The number of nitrogens with zero attached hydrogens (tertiary/aromatic N) is 2. The molecular formula is C19H27F2IN4O2S. The van der Waals surface area contributed by atoms with Gasteiger partial charge < -0.3 is 20.1 Å². The number of halogens is 3. The molecule has 10 heteroatoms. The lowest BCUT2D eigenvalue weighted by molar-refractivity contribution is -0.0505. The Morgan fingerprint density at radius 2 is 2.07 bits per heavy atom. The first-order chi connectivity index (χ1) is 13.5. The number of hydrogen-bond acceptors (Lipinski definition) is 5. The lowest BCUT2D eigenvalue weighted by Gasteiger charge is -2.14. The van der Waals surface area contributed by atoms with Crippen molar-refractivity contribution in [3.63, 3.8) is 0 Å². The Morgan fingerprint density at radius 1 is 1.28 bits per heavy atom. The summed E-state index contributed by atoms with van der Waals surface area (Å²) in [6, 6.07) is 4.91. The zero-order chi connectivity index (χ0) is 20.4. The number of aliphatic imine (C=N–C) groups is 1. The summed E-state index contributed by atoms with van der Waals surface area (Å²) < 4.78 is 35.7. The molecule has 0 amide bonds. The third-order valence-corrected chi connectivity index (χ3v) is 4.49. The molecule has 2 rings (SSSR count). The van der Waals surface area contributed by atoms with Gasteiger partial charge in [-0.2, -0.15) is 8.78 Å². The van der Waals surface area contributed by atoms with Crippen molar-refractivity contribution in [2.24, 2.45) is 4.99 Å². The fourth-order valence-electron chi connectivity index (χ4n) is 2.34. The first-order valence-electron chi connectivity index (χ1n) is 9.15.